The summed E-state index contributed by atoms with van der Waals surface area (Å²) in [6.07, 6.45) is 0.103. The van der Waals surface area contributed by atoms with Gasteiger partial charge in [0.1, 0.15) is 23.5 Å². The Morgan fingerprint density at radius 2 is 1.44 bits per heavy atom. The number of β-lactam (4-membered cyclic amide) rings is 1. The third-order valence-corrected chi connectivity index (χ3v) is 6.09. The summed E-state index contributed by atoms with van der Waals surface area (Å²) in [5, 5.41) is 0. The van der Waals surface area contributed by atoms with Crippen LogP contribution in [0.25, 0.3) is 0 Å². The summed E-state index contributed by atoms with van der Waals surface area (Å²) in [7, 11) is 0. The highest BCUT2D eigenvalue weighted by Crippen LogP contribution is 2.46. The first-order valence-corrected chi connectivity index (χ1v) is 11.5. The van der Waals surface area contributed by atoms with Crippen LogP contribution in [0.3, 0.4) is 0 Å². The third kappa shape index (κ3) is 5.59. The number of benzene rings is 3. The van der Waals surface area contributed by atoms with Crippen molar-refractivity contribution in [1.29, 1.82) is 0 Å². The van der Waals surface area contributed by atoms with E-state index >= 15 is 0 Å². The fourth-order valence-corrected chi connectivity index (χ4v) is 4.50. The van der Waals surface area contributed by atoms with E-state index in [2.05, 4.69) is 0 Å². The zero-order valence-electron chi connectivity index (χ0n) is 19.8. The number of halogens is 2. The predicted octanol–water partition coefficient (Wildman–Crippen LogP) is 5.68. The Morgan fingerprint density at radius 3 is 2.00 bits per heavy atom. The van der Waals surface area contributed by atoms with Crippen LogP contribution in [-0.4, -0.2) is 17.8 Å². The van der Waals surface area contributed by atoms with Crippen molar-refractivity contribution in [3.05, 3.63) is 95.6 Å². The Kier molecular flexibility index (Phi) is 7.43. The molecule has 0 aromatic heterocycles. The van der Waals surface area contributed by atoms with Crippen molar-refractivity contribution in [3.63, 3.8) is 0 Å². The maximum absolute atomic E-state index is 13.5. The molecular weight excluding hydrogens is 468 g/mol. The van der Waals surface area contributed by atoms with Crippen LogP contribution in [0.1, 0.15) is 50.0 Å². The second-order valence-corrected chi connectivity index (χ2v) is 8.63. The highest BCUT2D eigenvalue weighted by molar-refractivity contribution is 6.03. The van der Waals surface area contributed by atoms with Crippen LogP contribution in [0.5, 0.6) is 5.75 Å². The van der Waals surface area contributed by atoms with E-state index in [0.717, 1.165) is 5.56 Å². The van der Waals surface area contributed by atoms with Gasteiger partial charge >= 0.3 is 11.9 Å². The molecule has 0 N–H and O–H groups in total. The van der Waals surface area contributed by atoms with Gasteiger partial charge in [0.2, 0.25) is 5.91 Å². The number of carbonyl (C=O) groups excluding carboxylic acids is 3. The van der Waals surface area contributed by atoms with Crippen molar-refractivity contribution in [3.8, 4) is 5.75 Å². The summed E-state index contributed by atoms with van der Waals surface area (Å²) in [5.74, 6) is -1.92. The van der Waals surface area contributed by atoms with E-state index in [1.54, 1.807) is 53.4 Å². The molecule has 3 atom stereocenters. The van der Waals surface area contributed by atoms with Gasteiger partial charge in [-0.15, -0.1) is 0 Å². The first-order chi connectivity index (χ1) is 17.2. The van der Waals surface area contributed by atoms with E-state index in [1.807, 2.05) is 0 Å². The normalized spacial score (nSPS) is 17.8. The first-order valence-electron chi connectivity index (χ1n) is 11.5. The molecule has 2 unspecified atom stereocenters. The minimum Gasteiger partial charge on any atom is -0.458 e. The minimum atomic E-state index is -0.636. The van der Waals surface area contributed by atoms with Crippen LogP contribution in [0, 0.1) is 17.6 Å². The summed E-state index contributed by atoms with van der Waals surface area (Å²) in [5.41, 5.74) is 2.00. The van der Waals surface area contributed by atoms with Crippen molar-refractivity contribution >= 4 is 23.5 Å². The molecule has 0 bridgehead atoms. The number of rotatable bonds is 8. The van der Waals surface area contributed by atoms with Gasteiger partial charge in [0, 0.05) is 19.5 Å². The topological polar surface area (TPSA) is 72.9 Å². The van der Waals surface area contributed by atoms with Gasteiger partial charge in [0.15, 0.2) is 0 Å². The number of hydrogen-bond donors (Lipinski definition) is 0. The lowest BCUT2D eigenvalue weighted by molar-refractivity contribution is -0.147. The van der Waals surface area contributed by atoms with Gasteiger partial charge in [-0.25, -0.2) is 8.78 Å². The second-order valence-electron chi connectivity index (χ2n) is 8.63. The Morgan fingerprint density at radius 1 is 0.861 bits per heavy atom. The monoisotopic (exact) mass is 493 g/mol. The Bertz CT molecular complexity index is 1240. The number of carbonyl (C=O) groups is 3. The van der Waals surface area contributed by atoms with Crippen LogP contribution in [-0.2, 0) is 19.1 Å². The molecule has 3 aromatic rings. The maximum Gasteiger partial charge on any atom is 0.308 e. The molecule has 1 fully saturated rings. The molecule has 8 heteroatoms. The molecule has 0 spiro atoms. The van der Waals surface area contributed by atoms with Gasteiger partial charge in [-0.05, 0) is 72.5 Å². The molecular formula is C28H25F2NO5. The lowest BCUT2D eigenvalue weighted by atomic mass is 9.78. The molecule has 0 aliphatic carbocycles. The van der Waals surface area contributed by atoms with Crippen LogP contribution < -0.4 is 9.64 Å². The van der Waals surface area contributed by atoms with Gasteiger partial charge in [-0.3, -0.25) is 14.4 Å². The van der Waals surface area contributed by atoms with Gasteiger partial charge in [0.25, 0.3) is 0 Å². The molecule has 1 aliphatic heterocycles. The molecule has 36 heavy (non-hydrogen) atoms. The molecule has 1 amide bonds. The number of nitrogens with zero attached hydrogens (tertiary/aromatic N) is 1. The molecule has 0 radical (unpaired) electrons. The molecule has 3 aromatic carbocycles. The van der Waals surface area contributed by atoms with Crippen LogP contribution in [0.2, 0.25) is 0 Å². The standard InChI is InChI=1S/C28H25F2NO5/c1-17(32)35-24-13-5-20(6-14-24)27-25(28(34)31(27)23-11-9-22(30)10-12-23)15-16-26(36-18(2)33)19-3-7-21(29)8-4-19/h3-14,25-27H,15-16H2,1-2H3/t25?,26-,27?/m0/s1. The third-order valence-electron chi connectivity index (χ3n) is 6.09. The largest absolute Gasteiger partial charge is 0.458 e. The summed E-state index contributed by atoms with van der Waals surface area (Å²) in [4.78, 5) is 37.8. The van der Waals surface area contributed by atoms with Crippen molar-refractivity contribution in [1.82, 2.24) is 0 Å². The Labute approximate surface area is 207 Å². The number of hydrogen-bond acceptors (Lipinski definition) is 5. The summed E-state index contributed by atoms with van der Waals surface area (Å²) in [6, 6.07) is 17.9. The fourth-order valence-electron chi connectivity index (χ4n) is 4.50. The summed E-state index contributed by atoms with van der Waals surface area (Å²) in [6.45, 7) is 2.61. The van der Waals surface area contributed by atoms with E-state index in [0.29, 0.717) is 29.8 Å². The highest BCUT2D eigenvalue weighted by atomic mass is 19.1. The number of esters is 2. The molecule has 1 heterocycles. The molecule has 4 rings (SSSR count). The van der Waals surface area contributed by atoms with Crippen LogP contribution in [0.15, 0.2) is 72.8 Å². The van der Waals surface area contributed by atoms with Gasteiger partial charge < -0.3 is 14.4 Å². The molecule has 6 nitrogen and oxygen atoms in total. The first kappa shape index (κ1) is 25.0. The van der Waals surface area contributed by atoms with Crippen molar-refractivity contribution in [2.45, 2.75) is 38.8 Å². The minimum absolute atomic E-state index is 0.142. The van der Waals surface area contributed by atoms with E-state index in [4.69, 9.17) is 9.47 Å². The maximum atomic E-state index is 13.5. The van der Waals surface area contributed by atoms with Gasteiger partial charge in [-0.2, -0.15) is 0 Å². The summed E-state index contributed by atoms with van der Waals surface area (Å²) < 4.78 is 37.5. The number of anilines is 1. The molecule has 1 aliphatic rings. The average Bonchev–Trinajstić information content (AvgIpc) is 2.83. The van der Waals surface area contributed by atoms with Crippen molar-refractivity contribution < 1.29 is 32.6 Å². The lowest BCUT2D eigenvalue weighted by Crippen LogP contribution is -2.55. The van der Waals surface area contributed by atoms with Gasteiger partial charge in [-0.1, -0.05) is 24.3 Å². The van der Waals surface area contributed by atoms with E-state index in [-0.39, 0.29) is 11.9 Å². The van der Waals surface area contributed by atoms with E-state index < -0.39 is 35.6 Å². The highest BCUT2D eigenvalue weighted by Gasteiger charge is 2.48. The van der Waals surface area contributed by atoms with Crippen LogP contribution in [0.4, 0.5) is 14.5 Å². The molecule has 0 saturated carbocycles. The Hall–Kier alpha value is -4.07. The zero-order valence-corrected chi connectivity index (χ0v) is 19.8. The quantitative estimate of drug-likeness (QED) is 0.229. The van der Waals surface area contributed by atoms with Crippen molar-refractivity contribution in [2.24, 2.45) is 5.92 Å². The van der Waals surface area contributed by atoms with E-state index in [9.17, 15) is 23.2 Å². The summed E-state index contributed by atoms with van der Waals surface area (Å²) >= 11 is 0. The lowest BCUT2D eigenvalue weighted by Gasteiger charge is -2.48. The van der Waals surface area contributed by atoms with Crippen molar-refractivity contribution in [2.75, 3.05) is 4.90 Å². The average molecular weight is 494 g/mol. The fraction of sp³-hybridized carbons (Fsp3) is 0.250. The second kappa shape index (κ2) is 10.7. The van der Waals surface area contributed by atoms with Gasteiger partial charge in [0.05, 0.1) is 12.0 Å². The van der Waals surface area contributed by atoms with Crippen LogP contribution >= 0.6 is 0 Å². The molecule has 1 saturated heterocycles. The molecule has 186 valence electrons. The zero-order chi connectivity index (χ0) is 25.8. The smallest absolute Gasteiger partial charge is 0.308 e. The SMILES string of the molecule is CC(=O)Oc1ccc(C2C(CC[C@H](OC(C)=O)c3ccc(F)cc3)C(=O)N2c2ccc(F)cc2)cc1. The van der Waals surface area contributed by atoms with E-state index in [1.165, 1.54) is 38.1 Å². The number of amides is 1. The number of ether oxygens (including phenoxy) is 2. The Balaban J connectivity index is 1.59. The predicted molar refractivity (Wildman–Crippen MR) is 128 cm³/mol.